The smallest absolute Gasteiger partial charge is 0.0404 e. The number of anilines is 2. The molecule has 1 heterocycles. The molecule has 0 aromatic heterocycles. The average Bonchev–Trinajstić information content (AvgIpc) is 3.14. The largest absolute Gasteiger partial charge is 0.399 e. The lowest BCUT2D eigenvalue weighted by Crippen LogP contribution is -2.43. The fraction of sp³-hybridized carbons (Fsp3) is 0.538. The zero-order valence-corrected chi connectivity index (χ0v) is 9.58. The highest BCUT2D eigenvalue weighted by Crippen LogP contribution is 2.45. The van der Waals surface area contributed by atoms with Crippen molar-refractivity contribution in [2.75, 3.05) is 36.8 Å². The Labute approximate surface area is 96.6 Å². The van der Waals surface area contributed by atoms with E-state index in [-0.39, 0.29) is 0 Å². The summed E-state index contributed by atoms with van der Waals surface area (Å²) in [6.45, 7) is 4.41. The summed E-state index contributed by atoms with van der Waals surface area (Å²) in [4.78, 5) is 2.49. The van der Waals surface area contributed by atoms with E-state index in [1.165, 1.54) is 24.1 Å². The number of hydrogen-bond donors (Lipinski definition) is 2. The van der Waals surface area contributed by atoms with E-state index < -0.39 is 0 Å². The van der Waals surface area contributed by atoms with Crippen LogP contribution in [0.1, 0.15) is 24.3 Å². The summed E-state index contributed by atoms with van der Waals surface area (Å²) >= 11 is 0. The fourth-order valence-corrected chi connectivity index (χ4v) is 2.49. The Morgan fingerprint density at radius 2 is 1.94 bits per heavy atom. The molecule has 3 nitrogen and oxygen atoms in total. The highest BCUT2D eigenvalue weighted by molar-refractivity contribution is 5.62. The topological polar surface area (TPSA) is 41.3 Å². The molecule has 1 aliphatic carbocycles. The third-order valence-corrected chi connectivity index (χ3v) is 3.53. The van der Waals surface area contributed by atoms with Crippen LogP contribution in [-0.4, -0.2) is 26.2 Å². The van der Waals surface area contributed by atoms with E-state index in [9.17, 15) is 0 Å². The van der Waals surface area contributed by atoms with E-state index >= 15 is 0 Å². The Balaban J connectivity index is 1.91. The molecule has 3 rings (SSSR count). The van der Waals surface area contributed by atoms with E-state index in [1.807, 2.05) is 6.07 Å². The predicted molar refractivity (Wildman–Crippen MR) is 67.9 cm³/mol. The van der Waals surface area contributed by atoms with Crippen LogP contribution in [0.4, 0.5) is 11.4 Å². The maximum atomic E-state index is 5.89. The third kappa shape index (κ3) is 1.87. The molecule has 2 aliphatic rings. The molecule has 1 aromatic carbocycles. The number of piperazine rings is 1. The molecule has 0 radical (unpaired) electrons. The van der Waals surface area contributed by atoms with Crippen LogP contribution in [0, 0.1) is 0 Å². The van der Waals surface area contributed by atoms with Gasteiger partial charge in [0, 0.05) is 37.6 Å². The molecule has 1 saturated heterocycles. The second kappa shape index (κ2) is 3.98. The average molecular weight is 217 g/mol. The maximum Gasteiger partial charge on any atom is 0.0404 e. The summed E-state index contributed by atoms with van der Waals surface area (Å²) in [5.41, 5.74) is 9.68. The molecule has 3 heteroatoms. The monoisotopic (exact) mass is 217 g/mol. The van der Waals surface area contributed by atoms with Crippen molar-refractivity contribution in [2.24, 2.45) is 0 Å². The Morgan fingerprint density at radius 1 is 1.19 bits per heavy atom. The molecule has 86 valence electrons. The van der Waals surface area contributed by atoms with Gasteiger partial charge in [-0.25, -0.2) is 0 Å². The van der Waals surface area contributed by atoms with Gasteiger partial charge in [-0.2, -0.15) is 0 Å². The van der Waals surface area contributed by atoms with E-state index in [2.05, 4.69) is 22.3 Å². The lowest BCUT2D eigenvalue weighted by Gasteiger charge is -2.31. The van der Waals surface area contributed by atoms with Crippen LogP contribution in [0.25, 0.3) is 0 Å². The van der Waals surface area contributed by atoms with Crippen LogP contribution in [0.3, 0.4) is 0 Å². The van der Waals surface area contributed by atoms with Gasteiger partial charge in [0.1, 0.15) is 0 Å². The van der Waals surface area contributed by atoms with E-state index in [0.29, 0.717) is 0 Å². The van der Waals surface area contributed by atoms with Crippen molar-refractivity contribution in [3.8, 4) is 0 Å². The number of rotatable bonds is 2. The molecule has 0 unspecified atom stereocenters. The van der Waals surface area contributed by atoms with Gasteiger partial charge in [0.2, 0.25) is 0 Å². The van der Waals surface area contributed by atoms with Crippen LogP contribution in [0.2, 0.25) is 0 Å². The third-order valence-electron chi connectivity index (χ3n) is 3.53. The van der Waals surface area contributed by atoms with Gasteiger partial charge in [-0.1, -0.05) is 0 Å². The van der Waals surface area contributed by atoms with Gasteiger partial charge in [-0.15, -0.1) is 0 Å². The lowest BCUT2D eigenvalue weighted by molar-refractivity contribution is 0.588. The predicted octanol–water partition coefficient (Wildman–Crippen LogP) is 1.56. The second-order valence-electron chi connectivity index (χ2n) is 4.83. The van der Waals surface area contributed by atoms with E-state index in [0.717, 1.165) is 37.8 Å². The van der Waals surface area contributed by atoms with Crippen LogP contribution in [0.15, 0.2) is 18.2 Å². The van der Waals surface area contributed by atoms with Crippen molar-refractivity contribution in [3.63, 3.8) is 0 Å². The first-order chi connectivity index (χ1) is 7.84. The molecule has 0 bridgehead atoms. The van der Waals surface area contributed by atoms with Crippen molar-refractivity contribution < 1.29 is 0 Å². The van der Waals surface area contributed by atoms with Crippen molar-refractivity contribution in [3.05, 3.63) is 23.8 Å². The summed E-state index contributed by atoms with van der Waals surface area (Å²) in [6.07, 6.45) is 2.67. The number of nitrogens with zero attached hydrogens (tertiary/aromatic N) is 1. The van der Waals surface area contributed by atoms with Crippen LogP contribution >= 0.6 is 0 Å². The van der Waals surface area contributed by atoms with Gasteiger partial charge >= 0.3 is 0 Å². The minimum absolute atomic E-state index is 0.772. The molecular weight excluding hydrogens is 198 g/mol. The summed E-state index contributed by atoms with van der Waals surface area (Å²) in [5.74, 6) is 0.772. The number of nitrogens with one attached hydrogen (secondary N) is 1. The molecule has 1 aliphatic heterocycles. The minimum atomic E-state index is 0.772. The molecule has 2 fully saturated rings. The van der Waals surface area contributed by atoms with Crippen molar-refractivity contribution in [1.82, 2.24) is 5.32 Å². The first kappa shape index (κ1) is 9.97. The van der Waals surface area contributed by atoms with Crippen molar-refractivity contribution in [2.45, 2.75) is 18.8 Å². The first-order valence-corrected chi connectivity index (χ1v) is 6.20. The van der Waals surface area contributed by atoms with Gasteiger partial charge in [0.05, 0.1) is 0 Å². The van der Waals surface area contributed by atoms with Crippen molar-refractivity contribution >= 4 is 11.4 Å². The number of nitrogen functional groups attached to an aromatic ring is 1. The van der Waals surface area contributed by atoms with Gasteiger partial charge in [-0.05, 0) is 42.5 Å². The molecular formula is C13H19N3. The van der Waals surface area contributed by atoms with E-state index in [1.54, 1.807) is 0 Å². The highest BCUT2D eigenvalue weighted by Gasteiger charge is 2.28. The van der Waals surface area contributed by atoms with Crippen LogP contribution in [-0.2, 0) is 0 Å². The summed E-state index contributed by atoms with van der Waals surface area (Å²) in [6, 6.07) is 6.41. The standard InChI is InChI=1S/C13H19N3/c14-11-3-4-13(12(9-11)10-1-2-10)16-7-5-15-6-8-16/h3-4,9-10,15H,1-2,5-8,14H2. The Hall–Kier alpha value is -1.22. The fourth-order valence-electron chi connectivity index (χ4n) is 2.49. The summed E-state index contributed by atoms with van der Waals surface area (Å²) in [7, 11) is 0. The van der Waals surface area contributed by atoms with Crippen molar-refractivity contribution in [1.29, 1.82) is 0 Å². The molecule has 16 heavy (non-hydrogen) atoms. The normalized spacial score (nSPS) is 21.1. The van der Waals surface area contributed by atoms with Gasteiger partial charge in [0.15, 0.2) is 0 Å². The summed E-state index contributed by atoms with van der Waals surface area (Å²) < 4.78 is 0. The molecule has 1 aromatic rings. The van der Waals surface area contributed by atoms with E-state index in [4.69, 9.17) is 5.73 Å². The molecule has 1 saturated carbocycles. The maximum absolute atomic E-state index is 5.89. The quantitative estimate of drug-likeness (QED) is 0.739. The molecule has 0 amide bonds. The Bertz CT molecular complexity index is 379. The Morgan fingerprint density at radius 3 is 2.62 bits per heavy atom. The van der Waals surface area contributed by atoms with Crippen LogP contribution < -0.4 is 16.0 Å². The number of hydrogen-bond acceptors (Lipinski definition) is 3. The highest BCUT2D eigenvalue weighted by atomic mass is 15.2. The zero-order valence-electron chi connectivity index (χ0n) is 9.58. The van der Waals surface area contributed by atoms with Gasteiger partial charge in [-0.3, -0.25) is 0 Å². The zero-order chi connectivity index (χ0) is 11.0. The lowest BCUT2D eigenvalue weighted by atomic mass is 10.1. The molecule has 3 N–H and O–H groups in total. The van der Waals surface area contributed by atoms with Gasteiger partial charge < -0.3 is 16.0 Å². The first-order valence-electron chi connectivity index (χ1n) is 6.20. The molecule has 0 atom stereocenters. The number of nitrogens with two attached hydrogens (primary N) is 1. The van der Waals surface area contributed by atoms with Gasteiger partial charge in [0.25, 0.3) is 0 Å². The minimum Gasteiger partial charge on any atom is -0.399 e. The van der Waals surface area contributed by atoms with Crippen LogP contribution in [0.5, 0.6) is 0 Å². The SMILES string of the molecule is Nc1ccc(N2CCNCC2)c(C2CC2)c1. The Kier molecular flexibility index (Phi) is 2.48. The summed E-state index contributed by atoms with van der Waals surface area (Å²) in [5, 5.41) is 3.39. The number of benzene rings is 1. The second-order valence-corrected chi connectivity index (χ2v) is 4.83. The molecule has 0 spiro atoms.